The summed E-state index contributed by atoms with van der Waals surface area (Å²) in [5.41, 5.74) is 6.35. The molecule has 0 radical (unpaired) electrons. The molecule has 2 atom stereocenters. The molecule has 4 N–H and O–H groups in total. The molecule has 0 saturated heterocycles. The van der Waals surface area contributed by atoms with Crippen molar-refractivity contribution in [1.29, 1.82) is 0 Å². The number of nitrogens with two attached hydrogens (primary N) is 1. The van der Waals surface area contributed by atoms with Gasteiger partial charge in [0.25, 0.3) is 0 Å². The third-order valence-corrected chi connectivity index (χ3v) is 5.79. The molecule has 0 bridgehead atoms. The predicted molar refractivity (Wildman–Crippen MR) is 90.5 cm³/mol. The van der Waals surface area contributed by atoms with E-state index in [1.54, 1.807) is 19.1 Å². The van der Waals surface area contributed by atoms with Crippen LogP contribution in [0.3, 0.4) is 0 Å². The second kappa shape index (κ2) is 7.90. The SMILES string of the molecule is CCC(=O)Nc1ccc(S(=O)(=O)NC2CCCCC2CN)cc1. The van der Waals surface area contributed by atoms with Gasteiger partial charge >= 0.3 is 0 Å². The highest BCUT2D eigenvalue weighted by Gasteiger charge is 2.28. The number of hydrogen-bond acceptors (Lipinski definition) is 4. The van der Waals surface area contributed by atoms with E-state index in [9.17, 15) is 13.2 Å². The first-order chi connectivity index (χ1) is 11.0. The van der Waals surface area contributed by atoms with E-state index in [-0.39, 0.29) is 22.8 Å². The summed E-state index contributed by atoms with van der Waals surface area (Å²) in [5.74, 6) is 0.0911. The van der Waals surface area contributed by atoms with Crippen LogP contribution in [0.2, 0.25) is 0 Å². The van der Waals surface area contributed by atoms with E-state index in [2.05, 4.69) is 10.0 Å². The molecular formula is C16H25N3O3S. The average Bonchev–Trinajstić information content (AvgIpc) is 2.55. The minimum absolute atomic E-state index is 0.0989. The zero-order valence-electron chi connectivity index (χ0n) is 13.4. The van der Waals surface area contributed by atoms with E-state index < -0.39 is 10.0 Å². The second-order valence-electron chi connectivity index (χ2n) is 5.93. The van der Waals surface area contributed by atoms with Crippen molar-refractivity contribution in [3.63, 3.8) is 0 Å². The van der Waals surface area contributed by atoms with Gasteiger partial charge in [0.1, 0.15) is 0 Å². The van der Waals surface area contributed by atoms with E-state index in [0.717, 1.165) is 25.7 Å². The molecule has 1 aromatic rings. The number of sulfonamides is 1. The van der Waals surface area contributed by atoms with Gasteiger partial charge in [-0.3, -0.25) is 4.79 Å². The Bertz CT molecular complexity index is 628. The number of amides is 1. The fourth-order valence-electron chi connectivity index (χ4n) is 2.88. The van der Waals surface area contributed by atoms with Gasteiger partial charge in [-0.25, -0.2) is 13.1 Å². The Labute approximate surface area is 137 Å². The standard InChI is InChI=1S/C16H25N3O3S/c1-2-16(20)18-13-7-9-14(10-8-13)23(21,22)19-15-6-4-3-5-12(15)11-17/h7-10,12,15,19H,2-6,11,17H2,1H3,(H,18,20). The number of carbonyl (C=O) groups excluding carboxylic acids is 1. The lowest BCUT2D eigenvalue weighted by molar-refractivity contribution is -0.115. The topological polar surface area (TPSA) is 101 Å². The van der Waals surface area contributed by atoms with Crippen molar-refractivity contribution in [2.24, 2.45) is 11.7 Å². The summed E-state index contributed by atoms with van der Waals surface area (Å²) in [7, 11) is -3.57. The van der Waals surface area contributed by atoms with Crippen LogP contribution in [0.25, 0.3) is 0 Å². The largest absolute Gasteiger partial charge is 0.330 e. The number of carbonyl (C=O) groups is 1. The predicted octanol–water partition coefficient (Wildman–Crippen LogP) is 1.83. The van der Waals surface area contributed by atoms with E-state index in [0.29, 0.717) is 18.7 Å². The molecular weight excluding hydrogens is 314 g/mol. The lowest BCUT2D eigenvalue weighted by atomic mass is 9.85. The van der Waals surface area contributed by atoms with Gasteiger partial charge in [-0.05, 0) is 49.6 Å². The maximum Gasteiger partial charge on any atom is 0.240 e. The van der Waals surface area contributed by atoms with Crippen molar-refractivity contribution in [2.45, 2.75) is 50.0 Å². The molecule has 1 fully saturated rings. The van der Waals surface area contributed by atoms with Crippen molar-refractivity contribution < 1.29 is 13.2 Å². The molecule has 2 rings (SSSR count). The minimum Gasteiger partial charge on any atom is -0.330 e. The normalized spacial score (nSPS) is 21.8. The molecule has 0 spiro atoms. The van der Waals surface area contributed by atoms with Crippen molar-refractivity contribution in [3.05, 3.63) is 24.3 Å². The van der Waals surface area contributed by atoms with Crippen LogP contribution >= 0.6 is 0 Å². The summed E-state index contributed by atoms with van der Waals surface area (Å²) in [6, 6.07) is 6.12. The third-order valence-electron chi connectivity index (χ3n) is 4.29. The van der Waals surface area contributed by atoms with Crippen molar-refractivity contribution in [3.8, 4) is 0 Å². The Hall–Kier alpha value is -1.44. The lowest BCUT2D eigenvalue weighted by Gasteiger charge is -2.31. The lowest BCUT2D eigenvalue weighted by Crippen LogP contribution is -2.44. The first-order valence-corrected chi connectivity index (χ1v) is 9.57. The molecule has 1 aliphatic carbocycles. The molecule has 128 valence electrons. The van der Waals surface area contributed by atoms with Crippen LogP contribution in [-0.2, 0) is 14.8 Å². The molecule has 1 aromatic carbocycles. The molecule has 1 amide bonds. The summed E-state index contributed by atoms with van der Waals surface area (Å²) >= 11 is 0. The van der Waals surface area contributed by atoms with Gasteiger partial charge < -0.3 is 11.1 Å². The summed E-state index contributed by atoms with van der Waals surface area (Å²) < 4.78 is 27.8. The van der Waals surface area contributed by atoms with E-state index in [1.807, 2.05) is 0 Å². The summed E-state index contributed by atoms with van der Waals surface area (Å²) in [5, 5.41) is 2.70. The molecule has 0 aliphatic heterocycles. The maximum absolute atomic E-state index is 12.5. The minimum atomic E-state index is -3.57. The van der Waals surface area contributed by atoms with Crippen LogP contribution in [0.4, 0.5) is 5.69 Å². The van der Waals surface area contributed by atoms with Gasteiger partial charge in [-0.15, -0.1) is 0 Å². The van der Waals surface area contributed by atoms with Crippen LogP contribution in [0.5, 0.6) is 0 Å². The van der Waals surface area contributed by atoms with Crippen LogP contribution in [0.1, 0.15) is 39.0 Å². The zero-order chi connectivity index (χ0) is 16.9. The monoisotopic (exact) mass is 339 g/mol. The molecule has 0 heterocycles. The number of hydrogen-bond donors (Lipinski definition) is 3. The van der Waals surface area contributed by atoms with Gasteiger partial charge in [-0.1, -0.05) is 19.8 Å². The van der Waals surface area contributed by atoms with Gasteiger partial charge in [0.05, 0.1) is 4.90 Å². The fourth-order valence-corrected chi connectivity index (χ4v) is 4.22. The van der Waals surface area contributed by atoms with Crippen LogP contribution < -0.4 is 15.8 Å². The summed E-state index contributed by atoms with van der Waals surface area (Å²) in [4.78, 5) is 11.5. The average molecular weight is 339 g/mol. The summed E-state index contributed by atoms with van der Waals surface area (Å²) in [6.45, 7) is 2.26. The molecule has 6 nitrogen and oxygen atoms in total. The van der Waals surface area contributed by atoms with E-state index in [4.69, 9.17) is 5.73 Å². The zero-order valence-corrected chi connectivity index (χ0v) is 14.2. The Morgan fingerprint density at radius 1 is 1.22 bits per heavy atom. The first-order valence-electron chi connectivity index (χ1n) is 8.08. The number of benzene rings is 1. The molecule has 0 aromatic heterocycles. The first kappa shape index (κ1) is 17.9. The molecule has 23 heavy (non-hydrogen) atoms. The van der Waals surface area contributed by atoms with Gasteiger partial charge in [-0.2, -0.15) is 0 Å². The van der Waals surface area contributed by atoms with Crippen LogP contribution in [0, 0.1) is 5.92 Å². The molecule has 1 saturated carbocycles. The van der Waals surface area contributed by atoms with Crippen molar-refractivity contribution in [2.75, 3.05) is 11.9 Å². The fraction of sp³-hybridized carbons (Fsp3) is 0.562. The number of nitrogens with one attached hydrogen (secondary N) is 2. The number of anilines is 1. The maximum atomic E-state index is 12.5. The number of rotatable bonds is 6. The third kappa shape index (κ3) is 4.76. The van der Waals surface area contributed by atoms with Crippen LogP contribution in [-0.4, -0.2) is 26.9 Å². The van der Waals surface area contributed by atoms with E-state index >= 15 is 0 Å². The Kier molecular flexibility index (Phi) is 6.15. The highest BCUT2D eigenvalue weighted by Crippen LogP contribution is 2.25. The Morgan fingerprint density at radius 2 is 1.87 bits per heavy atom. The highest BCUT2D eigenvalue weighted by atomic mass is 32.2. The van der Waals surface area contributed by atoms with Crippen molar-refractivity contribution in [1.82, 2.24) is 4.72 Å². The second-order valence-corrected chi connectivity index (χ2v) is 7.65. The Balaban J connectivity index is 2.08. The van der Waals surface area contributed by atoms with E-state index in [1.165, 1.54) is 12.1 Å². The molecule has 7 heteroatoms. The van der Waals surface area contributed by atoms with Gasteiger partial charge in [0.2, 0.25) is 15.9 Å². The van der Waals surface area contributed by atoms with Gasteiger partial charge in [0, 0.05) is 18.2 Å². The van der Waals surface area contributed by atoms with Crippen molar-refractivity contribution >= 4 is 21.6 Å². The summed E-state index contributed by atoms with van der Waals surface area (Å²) in [6.07, 6.45) is 4.29. The Morgan fingerprint density at radius 3 is 2.48 bits per heavy atom. The smallest absolute Gasteiger partial charge is 0.240 e. The molecule has 2 unspecified atom stereocenters. The quantitative estimate of drug-likeness (QED) is 0.736. The highest BCUT2D eigenvalue weighted by molar-refractivity contribution is 7.89. The molecule has 1 aliphatic rings. The van der Waals surface area contributed by atoms with Crippen LogP contribution in [0.15, 0.2) is 29.2 Å². The van der Waals surface area contributed by atoms with Gasteiger partial charge in [0.15, 0.2) is 0 Å².